The number of carbonyl (C=O) groups excluding carboxylic acids is 1. The second-order valence-corrected chi connectivity index (χ2v) is 6.28. The molecule has 1 amide bonds. The summed E-state index contributed by atoms with van der Waals surface area (Å²) in [5, 5.41) is 5.95. The number of amides is 1. The topological polar surface area (TPSA) is 66.0 Å². The summed E-state index contributed by atoms with van der Waals surface area (Å²) < 4.78 is 19.1. The van der Waals surface area contributed by atoms with Crippen molar-refractivity contribution in [2.24, 2.45) is 4.99 Å². The Morgan fingerprint density at radius 3 is 2.66 bits per heavy atom. The molecule has 0 bridgehead atoms. The van der Waals surface area contributed by atoms with Crippen LogP contribution in [0, 0.1) is 5.82 Å². The van der Waals surface area contributed by atoms with Gasteiger partial charge in [0.05, 0.1) is 6.54 Å². The van der Waals surface area contributed by atoms with E-state index in [1.807, 2.05) is 37.1 Å². The maximum absolute atomic E-state index is 13.4. The van der Waals surface area contributed by atoms with Gasteiger partial charge in [-0.3, -0.25) is 4.79 Å². The second-order valence-electron chi connectivity index (χ2n) is 6.28. The maximum atomic E-state index is 13.4. The van der Waals surface area contributed by atoms with Gasteiger partial charge < -0.3 is 20.3 Å². The van der Waals surface area contributed by atoms with Crippen LogP contribution in [-0.2, 0) is 11.3 Å². The Labute approximate surface area is 188 Å². The number of hydrogen-bond acceptors (Lipinski definition) is 3. The molecule has 6 nitrogen and oxygen atoms in total. The number of carbonyl (C=O) groups is 1. The molecule has 158 valence electrons. The van der Waals surface area contributed by atoms with Crippen LogP contribution in [0.2, 0.25) is 0 Å². The highest BCUT2D eigenvalue weighted by Gasteiger charge is 2.07. The van der Waals surface area contributed by atoms with Gasteiger partial charge in [-0.1, -0.05) is 18.2 Å². The Morgan fingerprint density at radius 1 is 1.21 bits per heavy atom. The van der Waals surface area contributed by atoms with Crippen molar-refractivity contribution in [2.45, 2.75) is 20.4 Å². The van der Waals surface area contributed by atoms with Crippen molar-refractivity contribution in [1.29, 1.82) is 0 Å². The summed E-state index contributed by atoms with van der Waals surface area (Å²) >= 11 is 0. The van der Waals surface area contributed by atoms with Crippen molar-refractivity contribution in [2.75, 3.05) is 32.1 Å². The molecule has 0 fully saturated rings. The number of aliphatic imine (C=N–C) groups is 1. The van der Waals surface area contributed by atoms with Crippen LogP contribution in [0.15, 0.2) is 53.5 Å². The number of hydrogen-bond donors (Lipinski definition) is 2. The van der Waals surface area contributed by atoms with Crippen LogP contribution in [-0.4, -0.2) is 43.5 Å². The molecular weight excluding hydrogens is 486 g/mol. The van der Waals surface area contributed by atoms with Gasteiger partial charge >= 0.3 is 0 Å². The first-order valence-electron chi connectivity index (χ1n) is 9.22. The number of nitrogens with zero attached hydrogens (tertiary/aromatic N) is 2. The summed E-state index contributed by atoms with van der Waals surface area (Å²) in [5.74, 6) is 1.02. The van der Waals surface area contributed by atoms with E-state index >= 15 is 0 Å². The normalized spacial score (nSPS) is 10.7. The van der Waals surface area contributed by atoms with Crippen molar-refractivity contribution in [1.82, 2.24) is 10.2 Å². The summed E-state index contributed by atoms with van der Waals surface area (Å²) in [6.45, 7) is 5.59. The number of rotatable bonds is 8. The lowest BCUT2D eigenvalue weighted by molar-refractivity contribution is -0.114. The van der Waals surface area contributed by atoms with E-state index in [2.05, 4.69) is 15.6 Å². The molecule has 0 saturated heterocycles. The van der Waals surface area contributed by atoms with Crippen molar-refractivity contribution >= 4 is 41.5 Å². The van der Waals surface area contributed by atoms with Crippen molar-refractivity contribution in [3.05, 3.63) is 59.9 Å². The summed E-state index contributed by atoms with van der Waals surface area (Å²) in [6.07, 6.45) is 0. The Kier molecular flexibility index (Phi) is 11.0. The molecule has 0 atom stereocenters. The largest absolute Gasteiger partial charge is 0.492 e. The summed E-state index contributed by atoms with van der Waals surface area (Å²) in [7, 11) is 1.91. The van der Waals surface area contributed by atoms with E-state index in [9.17, 15) is 9.18 Å². The first kappa shape index (κ1) is 24.7. The number of guanidine groups is 1. The third-order valence-corrected chi connectivity index (χ3v) is 3.78. The molecule has 0 aliphatic rings. The molecule has 2 N–H and O–H groups in total. The number of ether oxygens (including phenoxy) is 1. The fourth-order valence-corrected chi connectivity index (χ4v) is 2.64. The first-order chi connectivity index (χ1) is 13.5. The standard InChI is InChI=1S/C21H27FN4O2.HI/c1-4-23-21(26(3)15-17-7-5-8-18(22)13-17)24-11-12-28-20-10-6-9-19(14-20)25-16(2)27;/h5-10,13-14H,4,11-12,15H2,1-3H3,(H,23,24)(H,25,27);1H. The van der Waals surface area contributed by atoms with E-state index in [0.717, 1.165) is 18.1 Å². The van der Waals surface area contributed by atoms with Crippen LogP contribution in [0.1, 0.15) is 19.4 Å². The lowest BCUT2D eigenvalue weighted by Crippen LogP contribution is -2.38. The van der Waals surface area contributed by atoms with Gasteiger partial charge in [0.25, 0.3) is 0 Å². The molecule has 0 aromatic heterocycles. The summed E-state index contributed by atoms with van der Waals surface area (Å²) in [5.41, 5.74) is 1.57. The summed E-state index contributed by atoms with van der Waals surface area (Å²) in [6, 6.07) is 13.8. The van der Waals surface area contributed by atoms with Crippen molar-refractivity contribution in [3.8, 4) is 5.75 Å². The molecule has 8 heteroatoms. The Bertz CT molecular complexity index is 817. The molecule has 0 unspecified atom stereocenters. The van der Waals surface area contributed by atoms with Crippen molar-refractivity contribution in [3.63, 3.8) is 0 Å². The van der Waals surface area contributed by atoms with Crippen molar-refractivity contribution < 1.29 is 13.9 Å². The zero-order chi connectivity index (χ0) is 20.4. The lowest BCUT2D eigenvalue weighted by atomic mass is 10.2. The summed E-state index contributed by atoms with van der Waals surface area (Å²) in [4.78, 5) is 17.6. The molecule has 0 saturated carbocycles. The highest BCUT2D eigenvalue weighted by Crippen LogP contribution is 2.17. The average Bonchev–Trinajstić information content (AvgIpc) is 2.64. The molecular formula is C21H28FIN4O2. The van der Waals surface area contributed by atoms with E-state index in [4.69, 9.17) is 4.74 Å². The lowest BCUT2D eigenvalue weighted by Gasteiger charge is -2.22. The van der Waals surface area contributed by atoms with Gasteiger partial charge in [0.1, 0.15) is 18.2 Å². The molecule has 29 heavy (non-hydrogen) atoms. The highest BCUT2D eigenvalue weighted by atomic mass is 127. The fraction of sp³-hybridized carbons (Fsp3) is 0.333. The van der Waals surface area contributed by atoms with E-state index in [1.165, 1.54) is 19.1 Å². The predicted molar refractivity (Wildman–Crippen MR) is 126 cm³/mol. The third kappa shape index (κ3) is 9.12. The van der Waals surface area contributed by atoms with Gasteiger partial charge in [-0.25, -0.2) is 9.38 Å². The van der Waals surface area contributed by atoms with Gasteiger partial charge in [-0.05, 0) is 36.8 Å². The SMILES string of the molecule is CCNC(=NCCOc1cccc(NC(C)=O)c1)N(C)Cc1cccc(F)c1.I. The zero-order valence-corrected chi connectivity index (χ0v) is 19.3. The van der Waals surface area contributed by atoms with Gasteiger partial charge in [-0.15, -0.1) is 24.0 Å². The molecule has 2 aromatic rings. The van der Waals surface area contributed by atoms with E-state index in [-0.39, 0.29) is 35.7 Å². The Morgan fingerprint density at radius 2 is 1.97 bits per heavy atom. The molecule has 0 radical (unpaired) electrons. The minimum atomic E-state index is -0.247. The predicted octanol–water partition coefficient (Wildman–Crippen LogP) is 3.88. The monoisotopic (exact) mass is 514 g/mol. The minimum absolute atomic E-state index is 0. The minimum Gasteiger partial charge on any atom is -0.492 e. The van der Waals surface area contributed by atoms with Gasteiger partial charge in [0, 0.05) is 38.8 Å². The first-order valence-corrected chi connectivity index (χ1v) is 9.22. The van der Waals surface area contributed by atoms with E-state index in [0.29, 0.717) is 31.1 Å². The van der Waals surface area contributed by atoms with E-state index in [1.54, 1.807) is 18.2 Å². The van der Waals surface area contributed by atoms with Crippen LogP contribution < -0.4 is 15.4 Å². The molecule has 0 aliphatic carbocycles. The second kappa shape index (κ2) is 13.0. The fourth-order valence-electron chi connectivity index (χ4n) is 2.64. The molecule has 2 aromatic carbocycles. The number of anilines is 1. The maximum Gasteiger partial charge on any atom is 0.221 e. The number of halogens is 2. The Balaban J connectivity index is 0.00000420. The molecule has 0 aliphatic heterocycles. The van der Waals surface area contributed by atoms with Crippen LogP contribution >= 0.6 is 24.0 Å². The molecule has 0 heterocycles. The zero-order valence-electron chi connectivity index (χ0n) is 16.9. The van der Waals surface area contributed by atoms with Crippen LogP contribution in [0.4, 0.5) is 10.1 Å². The Hall–Kier alpha value is -2.36. The highest BCUT2D eigenvalue weighted by molar-refractivity contribution is 14.0. The molecule has 2 rings (SSSR count). The number of nitrogens with one attached hydrogen (secondary N) is 2. The third-order valence-electron chi connectivity index (χ3n) is 3.78. The van der Waals surface area contributed by atoms with Gasteiger partial charge in [0.15, 0.2) is 5.96 Å². The van der Waals surface area contributed by atoms with E-state index < -0.39 is 0 Å². The van der Waals surface area contributed by atoms with Crippen LogP contribution in [0.3, 0.4) is 0 Å². The van der Waals surface area contributed by atoms with Gasteiger partial charge in [0.2, 0.25) is 5.91 Å². The quantitative estimate of drug-likeness (QED) is 0.243. The number of benzene rings is 2. The van der Waals surface area contributed by atoms with Crippen LogP contribution in [0.5, 0.6) is 5.75 Å². The average molecular weight is 514 g/mol. The smallest absolute Gasteiger partial charge is 0.221 e. The van der Waals surface area contributed by atoms with Gasteiger partial charge in [-0.2, -0.15) is 0 Å². The molecule has 0 spiro atoms. The van der Waals surface area contributed by atoms with Crippen LogP contribution in [0.25, 0.3) is 0 Å².